The van der Waals surface area contributed by atoms with E-state index in [9.17, 15) is 19.8 Å². The third kappa shape index (κ3) is 4.37. The van der Waals surface area contributed by atoms with Crippen molar-refractivity contribution in [2.45, 2.75) is 52.2 Å². The summed E-state index contributed by atoms with van der Waals surface area (Å²) in [5, 5.41) is 18.7. The highest BCUT2D eigenvalue weighted by Gasteiger charge is 2.32. The number of aliphatic hydroxyl groups excluding tert-OH is 1. The second kappa shape index (κ2) is 6.43. The molecule has 1 saturated heterocycles. The van der Waals surface area contributed by atoms with E-state index in [0.29, 0.717) is 25.9 Å². The number of carboxylic acid groups (broad SMARTS) is 1. The molecule has 0 aromatic heterocycles. The van der Waals surface area contributed by atoms with Crippen molar-refractivity contribution in [3.8, 4) is 0 Å². The molecule has 1 rings (SSSR count). The Morgan fingerprint density at radius 2 is 1.80 bits per heavy atom. The van der Waals surface area contributed by atoms with Gasteiger partial charge in [0.15, 0.2) is 0 Å². The fourth-order valence-electron chi connectivity index (χ4n) is 2.39. The van der Waals surface area contributed by atoms with Crippen LogP contribution in [-0.2, 0) is 4.79 Å². The lowest BCUT2D eigenvalue weighted by molar-refractivity contribution is -0.137. The molecule has 0 saturated carbocycles. The summed E-state index contributed by atoms with van der Waals surface area (Å²) in [5.41, 5.74) is -0.529. The van der Waals surface area contributed by atoms with Gasteiger partial charge in [-0.3, -0.25) is 4.79 Å². The Morgan fingerprint density at radius 3 is 2.20 bits per heavy atom. The summed E-state index contributed by atoms with van der Waals surface area (Å²) in [6.45, 7) is 8.49. The van der Waals surface area contributed by atoms with Crippen molar-refractivity contribution in [3.05, 3.63) is 0 Å². The molecule has 2 N–H and O–H groups in total. The van der Waals surface area contributed by atoms with Gasteiger partial charge in [-0.2, -0.15) is 0 Å². The maximum atomic E-state index is 12.3. The van der Waals surface area contributed by atoms with Crippen LogP contribution in [0.3, 0.4) is 0 Å². The van der Waals surface area contributed by atoms with Gasteiger partial charge in [-0.15, -0.1) is 0 Å². The van der Waals surface area contributed by atoms with Crippen LogP contribution in [-0.4, -0.2) is 63.3 Å². The van der Waals surface area contributed by atoms with Gasteiger partial charge < -0.3 is 20.0 Å². The van der Waals surface area contributed by atoms with Crippen LogP contribution in [0, 0.1) is 5.92 Å². The average Bonchev–Trinajstić information content (AvgIpc) is 2.33. The first-order valence-electron chi connectivity index (χ1n) is 7.10. The zero-order chi connectivity index (χ0) is 15.5. The van der Waals surface area contributed by atoms with E-state index in [2.05, 4.69) is 0 Å². The maximum Gasteiger partial charge on any atom is 0.407 e. The smallest absolute Gasteiger partial charge is 0.407 e. The normalized spacial score (nSPS) is 18.8. The monoisotopic (exact) mass is 286 g/mol. The van der Waals surface area contributed by atoms with Crippen LogP contribution in [0.2, 0.25) is 0 Å². The molecule has 0 aromatic carbocycles. The van der Waals surface area contributed by atoms with E-state index in [1.807, 2.05) is 20.8 Å². The van der Waals surface area contributed by atoms with Gasteiger partial charge >= 0.3 is 6.09 Å². The van der Waals surface area contributed by atoms with Crippen LogP contribution >= 0.6 is 0 Å². The molecule has 116 valence electrons. The predicted molar refractivity (Wildman–Crippen MR) is 75.5 cm³/mol. The highest BCUT2D eigenvalue weighted by molar-refractivity contribution is 5.79. The topological polar surface area (TPSA) is 81.1 Å². The van der Waals surface area contributed by atoms with Gasteiger partial charge in [-0.25, -0.2) is 4.79 Å². The van der Waals surface area contributed by atoms with Crippen LogP contribution in [0.1, 0.15) is 40.5 Å². The summed E-state index contributed by atoms with van der Waals surface area (Å²) in [6.07, 6.45) is -0.133. The second-order valence-corrected chi connectivity index (χ2v) is 6.52. The number of piperidine rings is 1. The molecule has 1 aliphatic heterocycles. The largest absolute Gasteiger partial charge is 0.465 e. The van der Waals surface area contributed by atoms with E-state index < -0.39 is 11.6 Å². The van der Waals surface area contributed by atoms with Crippen molar-refractivity contribution in [1.29, 1.82) is 0 Å². The summed E-state index contributed by atoms with van der Waals surface area (Å²) in [7, 11) is 0. The molecule has 1 unspecified atom stereocenters. The highest BCUT2D eigenvalue weighted by Crippen LogP contribution is 2.18. The molecule has 1 fully saturated rings. The minimum Gasteiger partial charge on any atom is -0.465 e. The zero-order valence-electron chi connectivity index (χ0n) is 12.8. The second-order valence-electron chi connectivity index (χ2n) is 6.52. The molecule has 0 radical (unpaired) electrons. The number of carbonyl (C=O) groups is 2. The van der Waals surface area contributed by atoms with Crippen LogP contribution in [0.15, 0.2) is 0 Å². The molecule has 0 aliphatic carbocycles. The quantitative estimate of drug-likeness (QED) is 0.821. The van der Waals surface area contributed by atoms with E-state index in [1.54, 1.807) is 11.8 Å². The fraction of sp³-hybridized carbons (Fsp3) is 0.857. The summed E-state index contributed by atoms with van der Waals surface area (Å²) in [5.74, 6) is -0.409. The van der Waals surface area contributed by atoms with Gasteiger partial charge in [0.05, 0.1) is 12.0 Å². The molecule has 0 spiro atoms. The first-order valence-corrected chi connectivity index (χ1v) is 7.10. The fourth-order valence-corrected chi connectivity index (χ4v) is 2.39. The number of amides is 2. The summed E-state index contributed by atoms with van der Waals surface area (Å²) < 4.78 is 0. The SMILES string of the molecule is CC(CN(C(=O)O)C(C)(C)C)C(=O)N1CCC(O)CC1. The zero-order valence-corrected chi connectivity index (χ0v) is 12.8. The molecule has 0 aromatic rings. The van der Waals surface area contributed by atoms with Crippen molar-refractivity contribution < 1.29 is 19.8 Å². The Hall–Kier alpha value is -1.30. The molecule has 0 bridgehead atoms. The van der Waals surface area contributed by atoms with Crippen molar-refractivity contribution in [1.82, 2.24) is 9.80 Å². The number of hydrogen-bond donors (Lipinski definition) is 2. The van der Waals surface area contributed by atoms with Crippen molar-refractivity contribution in [2.75, 3.05) is 19.6 Å². The van der Waals surface area contributed by atoms with Gasteiger partial charge in [0, 0.05) is 25.2 Å². The van der Waals surface area contributed by atoms with Gasteiger partial charge in [0.1, 0.15) is 0 Å². The van der Waals surface area contributed by atoms with E-state index in [0.717, 1.165) is 0 Å². The Kier molecular flexibility index (Phi) is 5.39. The molecule has 6 nitrogen and oxygen atoms in total. The van der Waals surface area contributed by atoms with Gasteiger partial charge in [-0.05, 0) is 33.6 Å². The predicted octanol–water partition coefficient (Wildman–Crippen LogP) is 1.38. The van der Waals surface area contributed by atoms with Gasteiger partial charge in [0.2, 0.25) is 5.91 Å². The van der Waals surface area contributed by atoms with Gasteiger partial charge in [-0.1, -0.05) is 6.92 Å². The number of rotatable bonds is 3. The Balaban J connectivity index is 2.62. The standard InChI is InChI=1S/C14H26N2O4/c1-10(9-16(13(19)20)14(2,3)4)12(18)15-7-5-11(17)6-8-15/h10-11,17H,5-9H2,1-4H3,(H,19,20). The minimum absolute atomic E-state index is 0.0348. The molecular weight excluding hydrogens is 260 g/mol. The first kappa shape index (κ1) is 16.8. The lowest BCUT2D eigenvalue weighted by Gasteiger charge is -2.37. The van der Waals surface area contributed by atoms with Crippen molar-refractivity contribution >= 4 is 12.0 Å². The highest BCUT2D eigenvalue weighted by atomic mass is 16.4. The number of aliphatic hydroxyl groups is 1. The molecule has 1 atom stereocenters. The van der Waals surface area contributed by atoms with Gasteiger partial charge in [0.25, 0.3) is 0 Å². The van der Waals surface area contributed by atoms with Crippen LogP contribution < -0.4 is 0 Å². The third-order valence-electron chi connectivity index (χ3n) is 3.69. The number of hydrogen-bond acceptors (Lipinski definition) is 3. The summed E-state index contributed by atoms with van der Waals surface area (Å²) >= 11 is 0. The Bertz CT molecular complexity index is 357. The molecule has 6 heteroatoms. The average molecular weight is 286 g/mol. The lowest BCUT2D eigenvalue weighted by Crippen LogP contribution is -2.50. The number of likely N-dealkylation sites (tertiary alicyclic amines) is 1. The molecule has 1 aliphatic rings. The minimum atomic E-state index is -1.01. The molecular formula is C14H26N2O4. The lowest BCUT2D eigenvalue weighted by atomic mass is 10.0. The maximum absolute atomic E-state index is 12.3. The summed E-state index contributed by atoms with van der Waals surface area (Å²) in [4.78, 5) is 26.6. The third-order valence-corrected chi connectivity index (χ3v) is 3.69. The van der Waals surface area contributed by atoms with Crippen LogP contribution in [0.5, 0.6) is 0 Å². The van der Waals surface area contributed by atoms with Crippen LogP contribution in [0.4, 0.5) is 4.79 Å². The van der Waals surface area contributed by atoms with E-state index in [4.69, 9.17) is 0 Å². The Morgan fingerprint density at radius 1 is 1.30 bits per heavy atom. The van der Waals surface area contributed by atoms with Crippen molar-refractivity contribution in [3.63, 3.8) is 0 Å². The van der Waals surface area contributed by atoms with Crippen LogP contribution in [0.25, 0.3) is 0 Å². The van der Waals surface area contributed by atoms with Crippen molar-refractivity contribution in [2.24, 2.45) is 5.92 Å². The van der Waals surface area contributed by atoms with E-state index in [1.165, 1.54) is 4.90 Å². The Labute approximate surface area is 120 Å². The summed E-state index contributed by atoms with van der Waals surface area (Å²) in [6, 6.07) is 0. The van der Waals surface area contributed by atoms with E-state index >= 15 is 0 Å². The first-order chi connectivity index (χ1) is 9.12. The molecule has 2 amide bonds. The number of nitrogens with zero attached hydrogens (tertiary/aromatic N) is 2. The van der Waals surface area contributed by atoms with E-state index in [-0.39, 0.29) is 24.5 Å². The molecule has 20 heavy (non-hydrogen) atoms. The molecule has 1 heterocycles. The number of carbonyl (C=O) groups excluding carboxylic acids is 1.